The van der Waals surface area contributed by atoms with Crippen molar-refractivity contribution in [2.24, 2.45) is 0 Å². The van der Waals surface area contributed by atoms with Crippen LogP contribution >= 0.6 is 15.9 Å². The molecule has 2 rings (SSSR count). The molecular weight excluding hydrogens is 368 g/mol. The normalized spacial score (nSPS) is 16.5. The number of hydrogen-bond donors (Lipinski definition) is 1. The van der Waals surface area contributed by atoms with Crippen molar-refractivity contribution in [2.75, 3.05) is 27.2 Å². The number of nitrogens with zero attached hydrogens (tertiary/aromatic N) is 3. The lowest BCUT2D eigenvalue weighted by Crippen LogP contribution is -2.45. The molecule has 0 aliphatic carbocycles. The summed E-state index contributed by atoms with van der Waals surface area (Å²) >= 11 is 3.48. The summed E-state index contributed by atoms with van der Waals surface area (Å²) in [5, 5.41) is 12.4. The Morgan fingerprint density at radius 3 is 2.75 bits per heavy atom. The Bertz CT molecular complexity index is 645. The highest BCUT2D eigenvalue weighted by Gasteiger charge is 2.25. The Morgan fingerprint density at radius 1 is 1.46 bits per heavy atom. The number of likely N-dealkylation sites (N-methyl/N-ethyl adjacent to an activating group) is 1. The third kappa shape index (κ3) is 4.83. The highest BCUT2D eigenvalue weighted by molar-refractivity contribution is 9.10. The van der Waals surface area contributed by atoms with Gasteiger partial charge in [0.25, 0.3) is 5.91 Å². The van der Waals surface area contributed by atoms with Crippen molar-refractivity contribution in [2.45, 2.75) is 25.4 Å². The van der Waals surface area contributed by atoms with E-state index in [2.05, 4.69) is 33.2 Å². The van der Waals surface area contributed by atoms with Crippen LogP contribution in [0.25, 0.3) is 0 Å². The molecule has 5 nitrogen and oxygen atoms in total. The SMILES string of the molecule is CN1CCC(N(C)C(=O)/C(C#N)=C\NCc2ccccc2Br)CC1. The van der Waals surface area contributed by atoms with Gasteiger partial charge in [-0.15, -0.1) is 0 Å². The van der Waals surface area contributed by atoms with E-state index in [-0.39, 0.29) is 17.5 Å². The van der Waals surface area contributed by atoms with E-state index in [4.69, 9.17) is 0 Å². The average molecular weight is 391 g/mol. The van der Waals surface area contributed by atoms with Crippen molar-refractivity contribution in [1.29, 1.82) is 5.26 Å². The first-order chi connectivity index (χ1) is 11.5. The van der Waals surface area contributed by atoms with E-state index in [0.717, 1.165) is 36.0 Å². The van der Waals surface area contributed by atoms with Crippen LogP contribution in [-0.4, -0.2) is 48.9 Å². The van der Waals surface area contributed by atoms with Crippen molar-refractivity contribution < 1.29 is 4.79 Å². The van der Waals surface area contributed by atoms with Gasteiger partial charge in [0.05, 0.1) is 0 Å². The third-order valence-electron chi connectivity index (χ3n) is 4.40. The molecule has 6 heteroatoms. The first-order valence-electron chi connectivity index (χ1n) is 8.05. The van der Waals surface area contributed by atoms with Crippen LogP contribution in [-0.2, 0) is 11.3 Å². The minimum atomic E-state index is -0.216. The van der Waals surface area contributed by atoms with Gasteiger partial charge in [0.2, 0.25) is 0 Å². The van der Waals surface area contributed by atoms with Crippen molar-refractivity contribution >= 4 is 21.8 Å². The van der Waals surface area contributed by atoms with Gasteiger partial charge in [-0.2, -0.15) is 5.26 Å². The first-order valence-corrected chi connectivity index (χ1v) is 8.85. The molecule has 1 N–H and O–H groups in total. The molecule has 1 amide bonds. The van der Waals surface area contributed by atoms with Crippen molar-refractivity contribution in [3.63, 3.8) is 0 Å². The number of benzene rings is 1. The van der Waals surface area contributed by atoms with Gasteiger partial charge in [-0.1, -0.05) is 34.1 Å². The summed E-state index contributed by atoms with van der Waals surface area (Å²) in [4.78, 5) is 16.5. The number of amides is 1. The molecule has 1 saturated heterocycles. The molecule has 0 spiro atoms. The van der Waals surface area contributed by atoms with Crippen molar-refractivity contribution in [3.8, 4) is 6.07 Å². The van der Waals surface area contributed by atoms with E-state index in [1.165, 1.54) is 6.20 Å². The van der Waals surface area contributed by atoms with Crippen LogP contribution < -0.4 is 5.32 Å². The molecule has 0 saturated carbocycles. The zero-order chi connectivity index (χ0) is 17.5. The van der Waals surface area contributed by atoms with Crippen LogP contribution in [0.1, 0.15) is 18.4 Å². The van der Waals surface area contributed by atoms with Gasteiger partial charge in [-0.25, -0.2) is 0 Å². The highest BCUT2D eigenvalue weighted by atomic mass is 79.9. The quantitative estimate of drug-likeness (QED) is 0.619. The zero-order valence-electron chi connectivity index (χ0n) is 14.1. The lowest BCUT2D eigenvalue weighted by molar-refractivity contribution is -0.128. The Labute approximate surface area is 152 Å². The van der Waals surface area contributed by atoms with Crippen molar-refractivity contribution in [1.82, 2.24) is 15.1 Å². The maximum absolute atomic E-state index is 12.5. The number of piperidine rings is 1. The maximum Gasteiger partial charge on any atom is 0.265 e. The first kappa shape index (κ1) is 18.5. The van der Waals surface area contributed by atoms with Gasteiger partial charge >= 0.3 is 0 Å². The maximum atomic E-state index is 12.5. The lowest BCUT2D eigenvalue weighted by atomic mass is 10.0. The van der Waals surface area contributed by atoms with E-state index in [9.17, 15) is 10.1 Å². The molecule has 0 aromatic heterocycles. The summed E-state index contributed by atoms with van der Waals surface area (Å²) in [7, 11) is 3.88. The smallest absolute Gasteiger partial charge is 0.265 e. The van der Waals surface area contributed by atoms with E-state index in [1.807, 2.05) is 30.3 Å². The largest absolute Gasteiger partial charge is 0.386 e. The van der Waals surface area contributed by atoms with Gasteiger partial charge in [-0.3, -0.25) is 4.79 Å². The fraction of sp³-hybridized carbons (Fsp3) is 0.444. The molecule has 24 heavy (non-hydrogen) atoms. The Morgan fingerprint density at radius 2 is 2.12 bits per heavy atom. The second-order valence-corrected chi connectivity index (χ2v) is 6.95. The number of carbonyl (C=O) groups is 1. The monoisotopic (exact) mass is 390 g/mol. The number of carbonyl (C=O) groups excluding carboxylic acids is 1. The number of likely N-dealkylation sites (tertiary alicyclic amines) is 1. The van der Waals surface area contributed by atoms with Crippen LogP contribution in [0.3, 0.4) is 0 Å². The molecule has 1 aliphatic heterocycles. The zero-order valence-corrected chi connectivity index (χ0v) is 15.7. The van der Waals surface area contributed by atoms with Crippen LogP contribution in [0, 0.1) is 11.3 Å². The number of nitrogens with one attached hydrogen (secondary N) is 1. The fourth-order valence-electron chi connectivity index (χ4n) is 2.78. The van der Waals surface area contributed by atoms with E-state index in [1.54, 1.807) is 11.9 Å². The molecule has 128 valence electrons. The van der Waals surface area contributed by atoms with Gasteiger partial charge in [-0.05, 0) is 44.6 Å². The predicted molar refractivity (Wildman–Crippen MR) is 98.0 cm³/mol. The molecular formula is C18H23BrN4O. The Hall–Kier alpha value is -1.84. The van der Waals surface area contributed by atoms with Crippen molar-refractivity contribution in [3.05, 3.63) is 46.1 Å². The Kier molecular flexibility index (Phi) is 6.83. The van der Waals surface area contributed by atoms with Crippen LogP contribution in [0.2, 0.25) is 0 Å². The summed E-state index contributed by atoms with van der Waals surface area (Å²) in [6.07, 6.45) is 3.41. The molecule has 1 aromatic rings. The highest BCUT2D eigenvalue weighted by Crippen LogP contribution is 2.17. The number of nitriles is 1. The second-order valence-electron chi connectivity index (χ2n) is 6.09. The summed E-state index contributed by atoms with van der Waals surface area (Å²) in [6, 6.07) is 10.1. The number of hydrogen-bond acceptors (Lipinski definition) is 4. The summed E-state index contributed by atoms with van der Waals surface area (Å²) in [6.45, 7) is 2.51. The average Bonchev–Trinajstić information content (AvgIpc) is 2.60. The minimum absolute atomic E-state index is 0.142. The summed E-state index contributed by atoms with van der Waals surface area (Å²) in [5.74, 6) is -0.216. The standard InChI is InChI=1S/C18H23BrN4O/c1-22-9-7-16(8-10-22)23(2)18(24)15(11-20)13-21-12-14-5-3-4-6-17(14)19/h3-6,13,16,21H,7-10,12H2,1-2H3/b15-13-. The lowest BCUT2D eigenvalue weighted by Gasteiger charge is -2.35. The molecule has 0 bridgehead atoms. The van der Waals surface area contributed by atoms with Gasteiger partial charge in [0, 0.05) is 30.3 Å². The molecule has 0 radical (unpaired) electrons. The molecule has 1 heterocycles. The van der Waals surface area contributed by atoms with Gasteiger partial charge in [0.1, 0.15) is 11.6 Å². The second kappa shape index (κ2) is 8.86. The van der Waals surface area contributed by atoms with Crippen LogP contribution in [0.15, 0.2) is 40.5 Å². The summed E-state index contributed by atoms with van der Waals surface area (Å²) in [5.41, 5.74) is 1.21. The van der Waals surface area contributed by atoms with E-state index in [0.29, 0.717) is 6.54 Å². The van der Waals surface area contributed by atoms with Gasteiger partial charge in [0.15, 0.2) is 0 Å². The minimum Gasteiger partial charge on any atom is -0.386 e. The predicted octanol–water partition coefficient (Wildman–Crippen LogP) is 2.50. The summed E-state index contributed by atoms with van der Waals surface area (Å²) < 4.78 is 0.999. The van der Waals surface area contributed by atoms with Gasteiger partial charge < -0.3 is 15.1 Å². The third-order valence-corrected chi connectivity index (χ3v) is 5.18. The molecule has 1 aromatic carbocycles. The van der Waals surface area contributed by atoms with Crippen LogP contribution in [0.4, 0.5) is 0 Å². The number of rotatable bonds is 5. The number of halogens is 1. The topological polar surface area (TPSA) is 59.4 Å². The fourth-order valence-corrected chi connectivity index (χ4v) is 3.21. The van der Waals surface area contributed by atoms with Crippen LogP contribution in [0.5, 0.6) is 0 Å². The molecule has 1 fully saturated rings. The van der Waals surface area contributed by atoms with E-state index < -0.39 is 0 Å². The molecule has 0 atom stereocenters. The molecule has 1 aliphatic rings. The molecule has 0 unspecified atom stereocenters. The Balaban J connectivity index is 1.95. The van der Waals surface area contributed by atoms with E-state index >= 15 is 0 Å².